The molecule has 0 unspecified atom stereocenters. The molecule has 0 aliphatic carbocycles. The summed E-state index contributed by atoms with van der Waals surface area (Å²) >= 11 is 0. The Morgan fingerprint density at radius 1 is 1.21 bits per heavy atom. The third kappa shape index (κ3) is 3.59. The van der Waals surface area contributed by atoms with Crippen molar-refractivity contribution >= 4 is 17.3 Å². The second-order valence-corrected chi connectivity index (χ2v) is 5.74. The van der Waals surface area contributed by atoms with Gasteiger partial charge in [-0.3, -0.25) is 9.78 Å². The van der Waals surface area contributed by atoms with Crippen LogP contribution in [0.1, 0.15) is 30.1 Å². The van der Waals surface area contributed by atoms with E-state index in [0.29, 0.717) is 11.3 Å². The van der Waals surface area contributed by atoms with Gasteiger partial charge in [-0.1, -0.05) is 13.3 Å². The fourth-order valence-electron chi connectivity index (χ4n) is 2.48. The second kappa shape index (κ2) is 7.21. The number of carbonyl (C=O) groups is 1. The van der Waals surface area contributed by atoms with E-state index in [1.165, 1.54) is 0 Å². The summed E-state index contributed by atoms with van der Waals surface area (Å²) in [6.45, 7) is 3.10. The number of fused-ring (bicyclic) bond motifs is 1. The Hall–Kier alpha value is -2.76. The highest BCUT2D eigenvalue weighted by molar-refractivity contribution is 5.94. The smallest absolute Gasteiger partial charge is 0.255 e. The second-order valence-electron chi connectivity index (χ2n) is 5.74. The highest BCUT2D eigenvalue weighted by Gasteiger charge is 2.14. The number of pyridine rings is 1. The number of carbonyl (C=O) groups excluding carboxylic acids is 1. The molecule has 6 heteroatoms. The van der Waals surface area contributed by atoms with Crippen LogP contribution in [-0.4, -0.2) is 36.2 Å². The number of hydrogen-bond donors (Lipinski definition) is 1. The van der Waals surface area contributed by atoms with Gasteiger partial charge in [0.05, 0.1) is 17.4 Å². The fourth-order valence-corrected chi connectivity index (χ4v) is 2.48. The molecule has 0 spiro atoms. The third-order valence-electron chi connectivity index (χ3n) is 3.84. The maximum atomic E-state index is 12.4. The first-order valence-corrected chi connectivity index (χ1v) is 8.04. The van der Waals surface area contributed by atoms with Crippen molar-refractivity contribution in [3.63, 3.8) is 0 Å². The molecule has 1 aromatic carbocycles. The quantitative estimate of drug-likeness (QED) is 0.880. The molecule has 6 nitrogen and oxygen atoms in total. The molecule has 0 bridgehead atoms. The van der Waals surface area contributed by atoms with Crippen LogP contribution >= 0.6 is 0 Å². The van der Waals surface area contributed by atoms with Gasteiger partial charge in [-0.15, -0.1) is 0 Å². The molecular formula is C18H21N3O3. The van der Waals surface area contributed by atoms with Gasteiger partial charge in [-0.2, -0.15) is 0 Å². The van der Waals surface area contributed by atoms with E-state index in [-0.39, 0.29) is 12.7 Å². The van der Waals surface area contributed by atoms with Crippen LogP contribution in [-0.2, 0) is 0 Å². The van der Waals surface area contributed by atoms with Gasteiger partial charge in [-0.25, -0.2) is 0 Å². The minimum absolute atomic E-state index is 0.0229. The summed E-state index contributed by atoms with van der Waals surface area (Å²) in [6.07, 6.45) is 5.33. The van der Waals surface area contributed by atoms with Gasteiger partial charge in [-0.05, 0) is 24.6 Å². The van der Waals surface area contributed by atoms with E-state index in [1.807, 2.05) is 31.3 Å². The Bertz CT molecular complexity index is 733. The lowest BCUT2D eigenvalue weighted by Crippen LogP contribution is -2.27. The van der Waals surface area contributed by atoms with Crippen molar-refractivity contribution in [3.8, 4) is 11.5 Å². The number of aromatic nitrogens is 1. The number of ether oxygens (including phenoxy) is 2. The van der Waals surface area contributed by atoms with Gasteiger partial charge in [0.25, 0.3) is 5.91 Å². The van der Waals surface area contributed by atoms with Crippen molar-refractivity contribution in [3.05, 3.63) is 42.2 Å². The molecule has 0 atom stereocenters. The number of nitrogens with one attached hydrogen (secondary N) is 1. The number of nitrogens with zero attached hydrogens (tertiary/aromatic N) is 2. The summed E-state index contributed by atoms with van der Waals surface area (Å²) in [4.78, 5) is 18.3. The Balaban J connectivity index is 1.72. The summed E-state index contributed by atoms with van der Waals surface area (Å²) in [6, 6.07) is 7.42. The van der Waals surface area contributed by atoms with Gasteiger partial charge in [0.1, 0.15) is 0 Å². The van der Waals surface area contributed by atoms with E-state index in [4.69, 9.17) is 9.47 Å². The van der Waals surface area contributed by atoms with E-state index in [9.17, 15) is 4.79 Å². The van der Waals surface area contributed by atoms with Crippen LogP contribution in [0.25, 0.3) is 0 Å². The highest BCUT2D eigenvalue weighted by atomic mass is 16.7. The molecule has 1 N–H and O–H groups in total. The number of hydrogen-bond acceptors (Lipinski definition) is 5. The van der Waals surface area contributed by atoms with Gasteiger partial charge in [0, 0.05) is 31.5 Å². The van der Waals surface area contributed by atoms with Crippen LogP contribution in [0.3, 0.4) is 0 Å². The Morgan fingerprint density at radius 2 is 2.04 bits per heavy atom. The number of rotatable bonds is 6. The molecule has 1 aliphatic rings. The molecule has 126 valence electrons. The maximum Gasteiger partial charge on any atom is 0.255 e. The molecule has 0 fully saturated rings. The first-order chi connectivity index (χ1) is 11.7. The van der Waals surface area contributed by atoms with E-state index >= 15 is 0 Å². The van der Waals surface area contributed by atoms with Crippen LogP contribution in [0.5, 0.6) is 11.5 Å². The molecule has 1 aromatic heterocycles. The maximum absolute atomic E-state index is 12.4. The normalized spacial score (nSPS) is 12.1. The largest absolute Gasteiger partial charge is 0.454 e. The van der Waals surface area contributed by atoms with Crippen LogP contribution in [0.2, 0.25) is 0 Å². The van der Waals surface area contributed by atoms with E-state index in [0.717, 1.165) is 36.5 Å². The summed E-state index contributed by atoms with van der Waals surface area (Å²) in [7, 11) is 1.82. The van der Waals surface area contributed by atoms with Crippen molar-refractivity contribution in [1.29, 1.82) is 0 Å². The predicted octanol–water partition coefficient (Wildman–Crippen LogP) is 3.43. The lowest BCUT2D eigenvalue weighted by atomic mass is 10.2. The number of amides is 1. The molecule has 2 aromatic rings. The highest BCUT2D eigenvalue weighted by Crippen LogP contribution is 2.35. The SMILES string of the molecule is CCCCN(C)C(=O)c1cncc(Nc2ccc3c(c2)OCO3)c1. The molecule has 0 saturated carbocycles. The topological polar surface area (TPSA) is 63.7 Å². The summed E-state index contributed by atoms with van der Waals surface area (Å²) in [5.41, 5.74) is 2.17. The van der Waals surface area contributed by atoms with Crippen molar-refractivity contribution in [2.75, 3.05) is 25.7 Å². The fraction of sp³-hybridized carbons (Fsp3) is 0.333. The zero-order valence-electron chi connectivity index (χ0n) is 13.9. The zero-order chi connectivity index (χ0) is 16.9. The Labute approximate surface area is 141 Å². The van der Waals surface area contributed by atoms with Crippen LogP contribution in [0.4, 0.5) is 11.4 Å². The van der Waals surface area contributed by atoms with Crippen LogP contribution in [0, 0.1) is 0 Å². The molecule has 1 amide bonds. The molecule has 1 aliphatic heterocycles. The van der Waals surface area contributed by atoms with Crippen LogP contribution < -0.4 is 14.8 Å². The molecule has 2 heterocycles. The van der Waals surface area contributed by atoms with E-state index in [1.54, 1.807) is 17.3 Å². The number of benzene rings is 1. The van der Waals surface area contributed by atoms with Crippen molar-refractivity contribution < 1.29 is 14.3 Å². The lowest BCUT2D eigenvalue weighted by Gasteiger charge is -2.17. The zero-order valence-corrected chi connectivity index (χ0v) is 13.9. The van der Waals surface area contributed by atoms with Gasteiger partial charge in [0.2, 0.25) is 6.79 Å². The summed E-state index contributed by atoms with van der Waals surface area (Å²) < 4.78 is 10.7. The number of anilines is 2. The number of unbranched alkanes of at least 4 members (excludes halogenated alkanes) is 1. The lowest BCUT2D eigenvalue weighted by molar-refractivity contribution is 0.0793. The molecule has 0 saturated heterocycles. The minimum atomic E-state index is -0.0229. The van der Waals surface area contributed by atoms with Crippen LogP contribution in [0.15, 0.2) is 36.7 Å². The minimum Gasteiger partial charge on any atom is -0.454 e. The van der Waals surface area contributed by atoms with Gasteiger partial charge >= 0.3 is 0 Å². The van der Waals surface area contributed by atoms with E-state index < -0.39 is 0 Å². The van der Waals surface area contributed by atoms with E-state index in [2.05, 4.69) is 17.2 Å². The third-order valence-corrected chi connectivity index (χ3v) is 3.84. The van der Waals surface area contributed by atoms with Crippen molar-refractivity contribution in [2.24, 2.45) is 0 Å². The van der Waals surface area contributed by atoms with Gasteiger partial charge in [0.15, 0.2) is 11.5 Å². The average Bonchev–Trinajstić information content (AvgIpc) is 3.07. The predicted molar refractivity (Wildman–Crippen MR) is 92.0 cm³/mol. The molecule has 24 heavy (non-hydrogen) atoms. The summed E-state index contributed by atoms with van der Waals surface area (Å²) in [5.74, 6) is 1.42. The summed E-state index contributed by atoms with van der Waals surface area (Å²) in [5, 5.41) is 3.24. The average molecular weight is 327 g/mol. The Morgan fingerprint density at radius 3 is 2.88 bits per heavy atom. The molecule has 3 rings (SSSR count). The van der Waals surface area contributed by atoms with Gasteiger partial charge < -0.3 is 19.7 Å². The Kier molecular flexibility index (Phi) is 4.84. The first-order valence-electron chi connectivity index (χ1n) is 8.04. The standard InChI is InChI=1S/C18H21N3O3/c1-3-4-7-21(2)18(22)13-8-15(11-19-10-13)20-14-5-6-16-17(9-14)24-12-23-16/h5-6,8-11,20H,3-4,7,12H2,1-2H3. The molecule has 0 radical (unpaired) electrons. The van der Waals surface area contributed by atoms with Crippen molar-refractivity contribution in [1.82, 2.24) is 9.88 Å². The first kappa shape index (κ1) is 16.1. The van der Waals surface area contributed by atoms with Crippen molar-refractivity contribution in [2.45, 2.75) is 19.8 Å². The monoisotopic (exact) mass is 327 g/mol. The molecular weight excluding hydrogens is 306 g/mol.